The Morgan fingerprint density at radius 3 is 2.44 bits per heavy atom. The highest BCUT2D eigenvalue weighted by Crippen LogP contribution is 2.41. The molecule has 2 rings (SSSR count). The summed E-state index contributed by atoms with van der Waals surface area (Å²) < 4.78 is 10.4. The molecule has 1 unspecified atom stereocenters. The Labute approximate surface area is 144 Å². The zero-order chi connectivity index (χ0) is 18.7. The molecule has 1 aromatic rings. The van der Waals surface area contributed by atoms with Crippen molar-refractivity contribution in [3.8, 4) is 6.07 Å². The minimum absolute atomic E-state index is 0.0543. The van der Waals surface area contributed by atoms with Gasteiger partial charge >= 0.3 is 5.97 Å². The van der Waals surface area contributed by atoms with Crippen LogP contribution in [0, 0.1) is 27.4 Å². The van der Waals surface area contributed by atoms with Crippen LogP contribution in [0.2, 0.25) is 0 Å². The molecule has 0 saturated carbocycles. The van der Waals surface area contributed by atoms with E-state index in [-0.39, 0.29) is 28.6 Å². The van der Waals surface area contributed by atoms with Crippen LogP contribution in [0.3, 0.4) is 0 Å². The van der Waals surface area contributed by atoms with Crippen molar-refractivity contribution in [2.24, 2.45) is 11.7 Å². The van der Waals surface area contributed by atoms with Gasteiger partial charge in [0.15, 0.2) is 0 Å². The Kier molecular flexibility index (Phi) is 5.08. The molecule has 0 saturated heterocycles. The Morgan fingerprint density at radius 1 is 1.40 bits per heavy atom. The Balaban J connectivity index is 2.69. The average Bonchev–Trinajstić information content (AvgIpc) is 2.59. The molecule has 1 aliphatic heterocycles. The van der Waals surface area contributed by atoms with Crippen LogP contribution in [-0.4, -0.2) is 18.0 Å². The lowest BCUT2D eigenvalue weighted by atomic mass is 9.81. The highest BCUT2D eigenvalue weighted by Gasteiger charge is 2.38. The van der Waals surface area contributed by atoms with Crippen molar-refractivity contribution >= 4 is 11.7 Å². The molecule has 0 amide bonds. The standard InChI is InChI=1S/C17H17N3O5/c1-9(2)15-14(17(21)24-3)13(12(8-18)16(19)25-15)10-4-6-11(7-5-10)20(22)23/h4-7,9,13H,19H2,1-3H3. The van der Waals surface area contributed by atoms with Gasteiger partial charge < -0.3 is 15.2 Å². The van der Waals surface area contributed by atoms with Crippen molar-refractivity contribution in [2.75, 3.05) is 7.11 Å². The Bertz CT molecular complexity index is 816. The summed E-state index contributed by atoms with van der Waals surface area (Å²) in [6.07, 6.45) is 0. The second-order valence-corrected chi connectivity index (χ2v) is 5.70. The van der Waals surface area contributed by atoms with Crippen LogP contribution in [0.25, 0.3) is 0 Å². The van der Waals surface area contributed by atoms with Crippen LogP contribution in [0.15, 0.2) is 47.1 Å². The smallest absolute Gasteiger partial charge is 0.338 e. The number of nitro benzene ring substituents is 1. The number of hydrogen-bond acceptors (Lipinski definition) is 7. The van der Waals surface area contributed by atoms with E-state index in [0.717, 1.165) is 0 Å². The number of nitro groups is 1. The minimum Gasteiger partial charge on any atom is -0.466 e. The summed E-state index contributed by atoms with van der Waals surface area (Å²) in [5, 5.41) is 20.3. The van der Waals surface area contributed by atoms with Gasteiger partial charge in [-0.15, -0.1) is 0 Å². The number of carbonyl (C=O) groups is 1. The normalized spacial score (nSPS) is 17.2. The van der Waals surface area contributed by atoms with Crippen LogP contribution in [0.5, 0.6) is 0 Å². The summed E-state index contributed by atoms with van der Waals surface area (Å²) in [5.74, 6) is -1.43. The molecular formula is C17H17N3O5. The van der Waals surface area contributed by atoms with E-state index < -0.39 is 16.8 Å². The van der Waals surface area contributed by atoms with Crippen molar-refractivity contribution < 1.29 is 19.2 Å². The Hall–Kier alpha value is -3.34. The first-order valence-corrected chi connectivity index (χ1v) is 7.46. The zero-order valence-electron chi connectivity index (χ0n) is 14.0. The highest BCUT2D eigenvalue weighted by atomic mass is 16.6. The van der Waals surface area contributed by atoms with Gasteiger partial charge in [-0.1, -0.05) is 26.0 Å². The third-order valence-corrected chi connectivity index (χ3v) is 3.82. The van der Waals surface area contributed by atoms with E-state index >= 15 is 0 Å². The van der Waals surface area contributed by atoms with Crippen molar-refractivity contribution in [1.29, 1.82) is 5.26 Å². The van der Waals surface area contributed by atoms with E-state index in [9.17, 15) is 20.2 Å². The molecule has 0 aliphatic carbocycles. The predicted molar refractivity (Wildman–Crippen MR) is 87.6 cm³/mol. The van der Waals surface area contributed by atoms with Gasteiger partial charge in [0.05, 0.1) is 23.5 Å². The number of benzene rings is 1. The quantitative estimate of drug-likeness (QED) is 0.505. The zero-order valence-corrected chi connectivity index (χ0v) is 14.0. The van der Waals surface area contributed by atoms with Crippen molar-refractivity contribution in [3.63, 3.8) is 0 Å². The molecule has 0 spiro atoms. The molecule has 130 valence electrons. The molecule has 0 fully saturated rings. The lowest BCUT2D eigenvalue weighted by molar-refractivity contribution is -0.384. The maximum absolute atomic E-state index is 12.4. The molecule has 25 heavy (non-hydrogen) atoms. The lowest BCUT2D eigenvalue weighted by Gasteiger charge is -2.29. The van der Waals surface area contributed by atoms with Gasteiger partial charge in [0, 0.05) is 18.1 Å². The first-order valence-electron chi connectivity index (χ1n) is 7.46. The SMILES string of the molecule is COC(=O)C1=C(C(C)C)OC(N)=C(C#N)C1c1ccc([N+](=O)[O-])cc1. The summed E-state index contributed by atoms with van der Waals surface area (Å²) in [4.78, 5) is 22.7. The number of ether oxygens (including phenoxy) is 2. The number of nitrogens with zero attached hydrogens (tertiary/aromatic N) is 2. The van der Waals surface area contributed by atoms with Crippen LogP contribution >= 0.6 is 0 Å². The van der Waals surface area contributed by atoms with Crippen molar-refractivity contribution in [1.82, 2.24) is 0 Å². The van der Waals surface area contributed by atoms with E-state index in [1.165, 1.54) is 31.4 Å². The fourth-order valence-corrected chi connectivity index (χ4v) is 2.66. The number of methoxy groups -OCH3 is 1. The van der Waals surface area contributed by atoms with E-state index in [2.05, 4.69) is 0 Å². The third kappa shape index (κ3) is 3.30. The Morgan fingerprint density at radius 2 is 2.00 bits per heavy atom. The van der Waals surface area contributed by atoms with Crippen molar-refractivity contribution in [3.05, 3.63) is 62.7 Å². The van der Waals surface area contributed by atoms with Crippen LogP contribution in [-0.2, 0) is 14.3 Å². The van der Waals surface area contributed by atoms with E-state index in [1.807, 2.05) is 19.9 Å². The number of non-ortho nitro benzene ring substituents is 1. The fraction of sp³-hybridized carbons (Fsp3) is 0.294. The van der Waals surface area contributed by atoms with Crippen molar-refractivity contribution in [2.45, 2.75) is 19.8 Å². The molecule has 8 nitrogen and oxygen atoms in total. The molecule has 1 aromatic carbocycles. The summed E-state index contributed by atoms with van der Waals surface area (Å²) in [7, 11) is 1.23. The number of hydrogen-bond donors (Lipinski definition) is 1. The fourth-order valence-electron chi connectivity index (χ4n) is 2.66. The largest absolute Gasteiger partial charge is 0.466 e. The number of allylic oxidation sites excluding steroid dienone is 2. The maximum atomic E-state index is 12.4. The molecule has 2 N–H and O–H groups in total. The molecule has 1 aliphatic rings. The number of nitriles is 1. The number of nitrogens with two attached hydrogens (primary N) is 1. The van der Waals surface area contributed by atoms with Gasteiger partial charge in [0.1, 0.15) is 17.4 Å². The van der Waals surface area contributed by atoms with E-state index in [0.29, 0.717) is 11.3 Å². The van der Waals surface area contributed by atoms with Gasteiger partial charge in [0.2, 0.25) is 5.88 Å². The van der Waals surface area contributed by atoms with E-state index in [4.69, 9.17) is 15.2 Å². The summed E-state index contributed by atoms with van der Waals surface area (Å²) in [5.41, 5.74) is 6.49. The first-order chi connectivity index (χ1) is 11.8. The van der Waals surface area contributed by atoms with Gasteiger partial charge in [0.25, 0.3) is 5.69 Å². The summed E-state index contributed by atoms with van der Waals surface area (Å²) in [6.45, 7) is 3.63. The van der Waals surface area contributed by atoms with Crippen LogP contribution in [0.1, 0.15) is 25.3 Å². The van der Waals surface area contributed by atoms with Crippen LogP contribution < -0.4 is 5.73 Å². The molecule has 0 radical (unpaired) electrons. The third-order valence-electron chi connectivity index (χ3n) is 3.82. The predicted octanol–water partition coefficient (Wildman–Crippen LogP) is 2.49. The van der Waals surface area contributed by atoms with Gasteiger partial charge in [-0.2, -0.15) is 5.26 Å². The lowest BCUT2D eigenvalue weighted by Crippen LogP contribution is -2.27. The van der Waals surface area contributed by atoms with Gasteiger partial charge in [-0.25, -0.2) is 4.79 Å². The molecule has 8 heteroatoms. The average molecular weight is 343 g/mol. The molecule has 1 heterocycles. The second-order valence-electron chi connectivity index (χ2n) is 5.70. The van der Waals surface area contributed by atoms with Gasteiger partial charge in [-0.05, 0) is 5.56 Å². The minimum atomic E-state index is -0.815. The molecule has 0 bridgehead atoms. The summed E-state index contributed by atoms with van der Waals surface area (Å²) in [6, 6.07) is 7.54. The number of carbonyl (C=O) groups excluding carboxylic acids is 1. The van der Waals surface area contributed by atoms with Gasteiger partial charge in [-0.3, -0.25) is 10.1 Å². The maximum Gasteiger partial charge on any atom is 0.338 e. The monoisotopic (exact) mass is 343 g/mol. The molecular weight excluding hydrogens is 326 g/mol. The topological polar surface area (TPSA) is 128 Å². The number of esters is 1. The first kappa shape index (κ1) is 18.0. The highest BCUT2D eigenvalue weighted by molar-refractivity contribution is 5.92. The van der Waals surface area contributed by atoms with E-state index in [1.54, 1.807) is 0 Å². The molecule has 0 aromatic heterocycles. The second kappa shape index (κ2) is 7.05. The molecule has 1 atom stereocenters. The number of rotatable bonds is 4. The van der Waals surface area contributed by atoms with Crippen LogP contribution in [0.4, 0.5) is 5.69 Å². The summed E-state index contributed by atoms with van der Waals surface area (Å²) >= 11 is 0.